The van der Waals surface area contributed by atoms with Gasteiger partial charge in [0.05, 0.1) is 31.1 Å². The van der Waals surface area contributed by atoms with Gasteiger partial charge in [0.2, 0.25) is 10.0 Å². The molecule has 4 rings (SSSR count). The van der Waals surface area contributed by atoms with Crippen LogP contribution in [-0.4, -0.2) is 45.4 Å². The number of piperazine rings is 1. The van der Waals surface area contributed by atoms with Crippen molar-refractivity contribution in [1.82, 2.24) is 4.90 Å². The molecule has 1 aliphatic rings. The van der Waals surface area contributed by atoms with Crippen molar-refractivity contribution in [2.75, 3.05) is 26.2 Å². The van der Waals surface area contributed by atoms with Crippen molar-refractivity contribution in [3.8, 4) is 0 Å². The van der Waals surface area contributed by atoms with Crippen LogP contribution in [0.4, 0.5) is 0 Å². The zero-order valence-corrected chi connectivity index (χ0v) is 16.9. The third-order valence-corrected chi connectivity index (χ3v) is 6.40. The first kappa shape index (κ1) is 19.6. The lowest BCUT2D eigenvalue weighted by molar-refractivity contribution is -0.917. The maximum Gasteiger partial charge on any atom is 0.254 e. The number of quaternary nitrogens is 1. The molecule has 0 spiro atoms. The predicted molar refractivity (Wildman–Crippen MR) is 112 cm³/mol. The Morgan fingerprint density at radius 2 is 1.66 bits per heavy atom. The summed E-state index contributed by atoms with van der Waals surface area (Å²) < 4.78 is 23.1. The molecule has 1 saturated heterocycles. The first-order valence-electron chi connectivity index (χ1n) is 9.64. The molecule has 1 aliphatic heterocycles. The van der Waals surface area contributed by atoms with Crippen molar-refractivity contribution < 1.29 is 18.1 Å². The van der Waals surface area contributed by atoms with Crippen molar-refractivity contribution in [1.29, 1.82) is 0 Å². The number of hydrogen-bond acceptors (Lipinski definition) is 3. The Hall–Kier alpha value is -2.74. The summed E-state index contributed by atoms with van der Waals surface area (Å²) in [6.07, 6.45) is 0. The highest BCUT2D eigenvalue weighted by molar-refractivity contribution is 7.89. The maximum absolute atomic E-state index is 12.8. The second kappa shape index (κ2) is 7.94. The molecule has 0 unspecified atom stereocenters. The van der Waals surface area contributed by atoms with Gasteiger partial charge in [-0.2, -0.15) is 0 Å². The molecular weight excluding hydrogens is 386 g/mol. The van der Waals surface area contributed by atoms with E-state index in [4.69, 9.17) is 5.14 Å². The molecule has 0 atom stereocenters. The number of benzene rings is 3. The fourth-order valence-corrected chi connectivity index (χ4v) is 4.47. The fraction of sp³-hybridized carbons (Fsp3) is 0.227. The number of carbonyl (C=O) groups excluding carboxylic acids is 1. The van der Waals surface area contributed by atoms with Crippen LogP contribution in [0.1, 0.15) is 15.9 Å². The van der Waals surface area contributed by atoms with Gasteiger partial charge in [-0.3, -0.25) is 4.79 Å². The van der Waals surface area contributed by atoms with E-state index in [1.54, 1.807) is 17.0 Å². The molecule has 1 heterocycles. The number of hydrogen-bond donors (Lipinski definition) is 2. The Morgan fingerprint density at radius 1 is 0.966 bits per heavy atom. The van der Waals surface area contributed by atoms with Gasteiger partial charge in [-0.15, -0.1) is 0 Å². The van der Waals surface area contributed by atoms with Crippen molar-refractivity contribution >= 4 is 26.7 Å². The third kappa shape index (κ3) is 4.32. The van der Waals surface area contributed by atoms with Crippen LogP contribution < -0.4 is 10.0 Å². The van der Waals surface area contributed by atoms with E-state index in [0.717, 1.165) is 19.6 Å². The molecule has 6 nitrogen and oxygen atoms in total. The van der Waals surface area contributed by atoms with Gasteiger partial charge in [0.25, 0.3) is 5.91 Å². The van der Waals surface area contributed by atoms with E-state index in [1.807, 2.05) is 6.07 Å². The van der Waals surface area contributed by atoms with E-state index in [-0.39, 0.29) is 10.8 Å². The lowest BCUT2D eigenvalue weighted by Gasteiger charge is -2.32. The molecule has 0 saturated carbocycles. The normalized spacial score (nSPS) is 15.6. The van der Waals surface area contributed by atoms with Gasteiger partial charge in [0.15, 0.2) is 0 Å². The number of nitrogens with zero attached hydrogens (tertiary/aromatic N) is 1. The van der Waals surface area contributed by atoms with E-state index in [2.05, 4.69) is 36.4 Å². The highest BCUT2D eigenvalue weighted by atomic mass is 32.2. The smallest absolute Gasteiger partial charge is 0.254 e. The number of primary sulfonamides is 1. The zero-order chi connectivity index (χ0) is 20.4. The van der Waals surface area contributed by atoms with Crippen LogP contribution in [0.25, 0.3) is 10.8 Å². The topological polar surface area (TPSA) is 84.9 Å². The SMILES string of the molecule is NS(=O)(=O)c1cccc(C(=O)N2CC[NH+](Cc3cccc4ccccc34)CC2)c1. The molecule has 3 N–H and O–H groups in total. The van der Waals surface area contributed by atoms with Crippen LogP contribution >= 0.6 is 0 Å². The van der Waals surface area contributed by atoms with E-state index in [9.17, 15) is 13.2 Å². The number of fused-ring (bicyclic) bond motifs is 1. The average molecular weight is 411 g/mol. The number of carbonyl (C=O) groups is 1. The quantitative estimate of drug-likeness (QED) is 0.674. The fourth-order valence-electron chi connectivity index (χ4n) is 3.91. The Balaban J connectivity index is 1.42. The Labute approximate surface area is 170 Å². The van der Waals surface area contributed by atoms with Crippen molar-refractivity contribution in [3.05, 3.63) is 77.9 Å². The Bertz CT molecular complexity index is 1150. The lowest BCUT2D eigenvalue weighted by Crippen LogP contribution is -3.13. The number of nitrogens with two attached hydrogens (primary N) is 1. The maximum atomic E-state index is 12.8. The summed E-state index contributed by atoms with van der Waals surface area (Å²) in [4.78, 5) is 16.0. The van der Waals surface area contributed by atoms with Gasteiger partial charge in [-0.05, 0) is 29.0 Å². The first-order valence-corrected chi connectivity index (χ1v) is 11.2. The third-order valence-electron chi connectivity index (χ3n) is 5.49. The summed E-state index contributed by atoms with van der Waals surface area (Å²) in [6, 6.07) is 20.7. The highest BCUT2D eigenvalue weighted by Gasteiger charge is 2.25. The van der Waals surface area contributed by atoms with Crippen LogP contribution in [0.2, 0.25) is 0 Å². The highest BCUT2D eigenvalue weighted by Crippen LogP contribution is 2.18. The summed E-state index contributed by atoms with van der Waals surface area (Å²) in [5.41, 5.74) is 1.67. The minimum Gasteiger partial charge on any atom is -0.328 e. The summed E-state index contributed by atoms with van der Waals surface area (Å²) in [5, 5.41) is 7.70. The number of nitrogens with one attached hydrogen (secondary N) is 1. The van der Waals surface area contributed by atoms with Crippen LogP contribution in [0.15, 0.2) is 71.6 Å². The molecule has 1 fully saturated rings. The van der Waals surface area contributed by atoms with Crippen LogP contribution in [0.3, 0.4) is 0 Å². The molecule has 0 radical (unpaired) electrons. The Morgan fingerprint density at radius 3 is 2.41 bits per heavy atom. The molecule has 150 valence electrons. The second-order valence-corrected chi connectivity index (χ2v) is 8.99. The van der Waals surface area contributed by atoms with Crippen LogP contribution in [-0.2, 0) is 16.6 Å². The van der Waals surface area contributed by atoms with E-state index in [1.165, 1.54) is 33.4 Å². The number of rotatable bonds is 4. The van der Waals surface area contributed by atoms with Crippen LogP contribution in [0.5, 0.6) is 0 Å². The molecule has 29 heavy (non-hydrogen) atoms. The first-order chi connectivity index (χ1) is 13.9. The van der Waals surface area contributed by atoms with Gasteiger partial charge in [-0.25, -0.2) is 13.6 Å². The molecule has 7 heteroatoms. The standard InChI is InChI=1S/C22H23N3O3S/c23-29(27,28)20-9-4-7-18(15-20)22(26)25-13-11-24(12-14-25)16-19-8-3-6-17-5-1-2-10-21(17)19/h1-10,15H,11-14,16H2,(H2,23,27,28)/p+1. The number of sulfonamides is 1. The molecule has 0 bridgehead atoms. The van der Waals surface area contributed by atoms with E-state index >= 15 is 0 Å². The summed E-state index contributed by atoms with van der Waals surface area (Å²) in [7, 11) is -3.83. The zero-order valence-electron chi connectivity index (χ0n) is 16.0. The summed E-state index contributed by atoms with van der Waals surface area (Å²) in [6.45, 7) is 3.90. The summed E-state index contributed by atoms with van der Waals surface area (Å²) in [5.74, 6) is -0.153. The lowest BCUT2D eigenvalue weighted by atomic mass is 10.0. The summed E-state index contributed by atoms with van der Waals surface area (Å²) >= 11 is 0. The van der Waals surface area contributed by atoms with Gasteiger partial charge in [0.1, 0.15) is 6.54 Å². The Kier molecular flexibility index (Phi) is 5.36. The minimum absolute atomic E-state index is 0.0384. The van der Waals surface area contributed by atoms with Gasteiger partial charge < -0.3 is 9.80 Å². The van der Waals surface area contributed by atoms with Gasteiger partial charge >= 0.3 is 0 Å². The van der Waals surface area contributed by atoms with Crippen LogP contribution in [0, 0.1) is 0 Å². The second-order valence-electron chi connectivity index (χ2n) is 7.43. The van der Waals surface area contributed by atoms with Gasteiger partial charge in [-0.1, -0.05) is 48.5 Å². The largest absolute Gasteiger partial charge is 0.328 e. The minimum atomic E-state index is -3.83. The van der Waals surface area contributed by atoms with Crippen molar-refractivity contribution in [2.45, 2.75) is 11.4 Å². The van der Waals surface area contributed by atoms with Crippen molar-refractivity contribution in [3.63, 3.8) is 0 Å². The molecule has 1 amide bonds. The van der Waals surface area contributed by atoms with E-state index < -0.39 is 10.0 Å². The van der Waals surface area contributed by atoms with Crippen molar-refractivity contribution in [2.24, 2.45) is 5.14 Å². The molecule has 3 aromatic rings. The van der Waals surface area contributed by atoms with Gasteiger partial charge in [0, 0.05) is 11.1 Å². The monoisotopic (exact) mass is 410 g/mol. The molecule has 0 aromatic heterocycles. The molecule has 0 aliphatic carbocycles. The number of amides is 1. The van der Waals surface area contributed by atoms with E-state index in [0.29, 0.717) is 18.7 Å². The average Bonchev–Trinajstić information content (AvgIpc) is 2.73. The predicted octanol–water partition coefficient (Wildman–Crippen LogP) is 1.03. The molecular formula is C22H24N3O3S+. The molecule has 3 aromatic carbocycles.